The Labute approximate surface area is 175 Å². The topological polar surface area (TPSA) is 56.8 Å². The Balaban J connectivity index is 3.00. The molecule has 28 heavy (non-hydrogen) atoms. The van der Waals surface area contributed by atoms with Gasteiger partial charge in [0.05, 0.1) is 11.6 Å². The van der Waals surface area contributed by atoms with Gasteiger partial charge in [-0.1, -0.05) is 46.2 Å². The number of carbonyl (C=O) groups is 1. The van der Waals surface area contributed by atoms with Crippen LogP contribution < -0.4 is 10.1 Å². The van der Waals surface area contributed by atoms with Crippen molar-refractivity contribution in [2.75, 3.05) is 32.2 Å². The molecule has 1 aromatic carbocycles. The van der Waals surface area contributed by atoms with E-state index in [4.69, 9.17) is 25.8 Å². The van der Waals surface area contributed by atoms with Crippen molar-refractivity contribution in [3.8, 4) is 5.75 Å². The average molecular weight is 414 g/mol. The quantitative estimate of drug-likeness (QED) is 0.430. The zero-order chi connectivity index (χ0) is 21.2. The fraction of sp³-hybridized carbons (Fsp3) is 0.682. The van der Waals surface area contributed by atoms with Crippen molar-refractivity contribution in [2.45, 2.75) is 59.5 Å². The highest BCUT2D eigenvalue weighted by Gasteiger charge is 2.40. The molecule has 1 aromatic rings. The minimum atomic E-state index is -0.849. The normalized spacial score (nSPS) is 11.9. The standard InChI is InChI=1S/C22H36ClNO4/c1-7-10-28-22(14-16(2)3,15-17(4)5)21(25)24-18-8-9-20(19(23)13-18)27-12-11-26-6/h8-9,13,16-17H,7,10-12,14-15H2,1-6H3,(H,24,25). The predicted octanol–water partition coefficient (Wildman–Crippen LogP) is 5.56. The van der Waals surface area contributed by atoms with Crippen LogP contribution in [0.5, 0.6) is 5.75 Å². The lowest BCUT2D eigenvalue weighted by molar-refractivity contribution is -0.147. The summed E-state index contributed by atoms with van der Waals surface area (Å²) in [6.07, 6.45) is 2.20. The molecule has 5 nitrogen and oxygen atoms in total. The third-order valence-electron chi connectivity index (χ3n) is 4.21. The summed E-state index contributed by atoms with van der Waals surface area (Å²) in [4.78, 5) is 13.3. The Hall–Kier alpha value is -1.30. The van der Waals surface area contributed by atoms with Gasteiger partial charge in [-0.2, -0.15) is 0 Å². The van der Waals surface area contributed by atoms with Gasteiger partial charge in [0.2, 0.25) is 0 Å². The van der Waals surface area contributed by atoms with E-state index < -0.39 is 5.60 Å². The molecule has 0 aromatic heterocycles. The molecule has 0 aliphatic carbocycles. The molecule has 0 atom stereocenters. The van der Waals surface area contributed by atoms with Crippen LogP contribution in [-0.2, 0) is 14.3 Å². The van der Waals surface area contributed by atoms with Gasteiger partial charge >= 0.3 is 0 Å². The first kappa shape index (κ1) is 24.7. The van der Waals surface area contributed by atoms with Crippen molar-refractivity contribution in [3.05, 3.63) is 23.2 Å². The maximum atomic E-state index is 13.3. The van der Waals surface area contributed by atoms with E-state index in [0.29, 0.717) is 61.0 Å². The Kier molecular flexibility index (Phi) is 10.9. The van der Waals surface area contributed by atoms with Gasteiger partial charge in [-0.15, -0.1) is 0 Å². The van der Waals surface area contributed by atoms with E-state index in [1.54, 1.807) is 25.3 Å². The third-order valence-corrected chi connectivity index (χ3v) is 4.50. The van der Waals surface area contributed by atoms with E-state index in [1.165, 1.54) is 0 Å². The van der Waals surface area contributed by atoms with Crippen molar-refractivity contribution in [3.63, 3.8) is 0 Å². The van der Waals surface area contributed by atoms with Crippen LogP contribution in [0.25, 0.3) is 0 Å². The van der Waals surface area contributed by atoms with Crippen LogP contribution in [0.15, 0.2) is 18.2 Å². The number of amides is 1. The second-order valence-electron chi connectivity index (χ2n) is 7.98. The molecule has 0 aliphatic heterocycles. The number of rotatable bonds is 13. The first-order valence-electron chi connectivity index (χ1n) is 10.1. The zero-order valence-electron chi connectivity index (χ0n) is 18.1. The second-order valence-corrected chi connectivity index (χ2v) is 8.39. The van der Waals surface area contributed by atoms with Crippen molar-refractivity contribution in [2.24, 2.45) is 11.8 Å². The Morgan fingerprint density at radius 3 is 2.25 bits per heavy atom. The summed E-state index contributed by atoms with van der Waals surface area (Å²) in [7, 11) is 1.62. The highest BCUT2D eigenvalue weighted by molar-refractivity contribution is 6.32. The van der Waals surface area contributed by atoms with Gasteiger partial charge in [0, 0.05) is 19.4 Å². The van der Waals surface area contributed by atoms with Crippen LogP contribution in [0.1, 0.15) is 53.9 Å². The predicted molar refractivity (Wildman–Crippen MR) is 115 cm³/mol. The molecule has 160 valence electrons. The maximum Gasteiger partial charge on any atom is 0.256 e. The van der Waals surface area contributed by atoms with Gasteiger partial charge in [0.25, 0.3) is 5.91 Å². The Morgan fingerprint density at radius 1 is 1.11 bits per heavy atom. The number of ether oxygens (including phenoxy) is 3. The van der Waals surface area contributed by atoms with Crippen LogP contribution in [0, 0.1) is 11.8 Å². The Bertz CT molecular complexity index is 594. The van der Waals surface area contributed by atoms with E-state index in [2.05, 4.69) is 39.9 Å². The highest BCUT2D eigenvalue weighted by Crippen LogP contribution is 2.32. The van der Waals surface area contributed by atoms with E-state index in [9.17, 15) is 4.79 Å². The van der Waals surface area contributed by atoms with E-state index in [-0.39, 0.29) is 5.91 Å². The molecule has 6 heteroatoms. The van der Waals surface area contributed by atoms with Crippen LogP contribution in [0.2, 0.25) is 5.02 Å². The minimum Gasteiger partial charge on any atom is -0.490 e. The summed E-state index contributed by atoms with van der Waals surface area (Å²) in [5.74, 6) is 1.12. The summed E-state index contributed by atoms with van der Waals surface area (Å²) in [5, 5.41) is 3.46. The van der Waals surface area contributed by atoms with Crippen LogP contribution >= 0.6 is 11.6 Å². The number of anilines is 1. The minimum absolute atomic E-state index is 0.118. The summed E-state index contributed by atoms with van der Waals surface area (Å²) in [6, 6.07) is 5.26. The molecule has 0 aliphatic rings. The Morgan fingerprint density at radius 2 is 1.75 bits per heavy atom. The molecule has 0 saturated heterocycles. The average Bonchev–Trinajstić information content (AvgIpc) is 2.60. The fourth-order valence-electron chi connectivity index (χ4n) is 3.24. The zero-order valence-corrected chi connectivity index (χ0v) is 18.9. The molecule has 1 N–H and O–H groups in total. The lowest BCUT2D eigenvalue weighted by atomic mass is 9.83. The van der Waals surface area contributed by atoms with Crippen LogP contribution in [-0.4, -0.2) is 38.4 Å². The second kappa shape index (κ2) is 12.3. The number of nitrogens with one attached hydrogen (secondary N) is 1. The first-order valence-corrected chi connectivity index (χ1v) is 10.5. The lowest BCUT2D eigenvalue weighted by Gasteiger charge is -2.35. The van der Waals surface area contributed by atoms with Gasteiger partial charge in [-0.3, -0.25) is 4.79 Å². The summed E-state index contributed by atoms with van der Waals surface area (Å²) < 4.78 is 16.7. The lowest BCUT2D eigenvalue weighted by Crippen LogP contribution is -2.47. The van der Waals surface area contributed by atoms with Gasteiger partial charge in [0.1, 0.15) is 18.0 Å². The molecule has 0 spiro atoms. The molecule has 0 heterocycles. The van der Waals surface area contributed by atoms with E-state index in [1.807, 2.05) is 0 Å². The molecule has 0 radical (unpaired) electrons. The van der Waals surface area contributed by atoms with Crippen molar-refractivity contribution < 1.29 is 19.0 Å². The van der Waals surface area contributed by atoms with Gasteiger partial charge in [-0.25, -0.2) is 0 Å². The van der Waals surface area contributed by atoms with Gasteiger partial charge in [-0.05, 0) is 49.3 Å². The van der Waals surface area contributed by atoms with E-state index >= 15 is 0 Å². The number of carbonyl (C=O) groups excluding carboxylic acids is 1. The molecular weight excluding hydrogens is 378 g/mol. The number of hydrogen-bond donors (Lipinski definition) is 1. The molecule has 0 saturated carbocycles. The van der Waals surface area contributed by atoms with Gasteiger partial charge < -0.3 is 19.5 Å². The number of hydrogen-bond acceptors (Lipinski definition) is 4. The maximum absolute atomic E-state index is 13.3. The van der Waals surface area contributed by atoms with Crippen LogP contribution in [0.4, 0.5) is 5.69 Å². The summed E-state index contributed by atoms with van der Waals surface area (Å²) in [6.45, 7) is 12.0. The third kappa shape index (κ3) is 7.98. The summed E-state index contributed by atoms with van der Waals surface area (Å²) >= 11 is 6.31. The number of halogens is 1. The first-order chi connectivity index (χ1) is 13.2. The highest BCUT2D eigenvalue weighted by atomic mass is 35.5. The molecule has 0 bridgehead atoms. The largest absolute Gasteiger partial charge is 0.490 e. The van der Waals surface area contributed by atoms with Gasteiger partial charge in [0.15, 0.2) is 0 Å². The molecule has 1 rings (SSSR count). The summed E-state index contributed by atoms with van der Waals surface area (Å²) in [5.41, 5.74) is -0.218. The molecular formula is C22H36ClNO4. The molecule has 0 unspecified atom stereocenters. The monoisotopic (exact) mass is 413 g/mol. The smallest absolute Gasteiger partial charge is 0.256 e. The van der Waals surface area contributed by atoms with E-state index in [0.717, 1.165) is 6.42 Å². The van der Waals surface area contributed by atoms with Crippen molar-refractivity contribution in [1.29, 1.82) is 0 Å². The molecule has 1 amide bonds. The van der Waals surface area contributed by atoms with Crippen molar-refractivity contribution >= 4 is 23.2 Å². The van der Waals surface area contributed by atoms with Crippen molar-refractivity contribution in [1.82, 2.24) is 0 Å². The molecule has 0 fully saturated rings. The number of benzene rings is 1. The SMILES string of the molecule is CCCOC(CC(C)C)(CC(C)C)C(=O)Nc1ccc(OCCOC)c(Cl)c1. The fourth-order valence-corrected chi connectivity index (χ4v) is 3.48. The van der Waals surface area contributed by atoms with Crippen LogP contribution in [0.3, 0.4) is 0 Å². The number of methoxy groups -OCH3 is 1.